The molecular formula is C19H20O3. The molecule has 0 aliphatic heterocycles. The number of Topliss-reactive ketones (excluding diaryl/α,β-unsaturated/α-hetero) is 1. The van der Waals surface area contributed by atoms with Gasteiger partial charge in [-0.2, -0.15) is 0 Å². The molecule has 0 spiro atoms. The number of hydrogen-bond donors (Lipinski definition) is 0. The Morgan fingerprint density at radius 2 is 1.91 bits per heavy atom. The lowest BCUT2D eigenvalue weighted by molar-refractivity contribution is -0.122. The van der Waals surface area contributed by atoms with E-state index in [-0.39, 0.29) is 5.41 Å². The van der Waals surface area contributed by atoms with Gasteiger partial charge in [-0.25, -0.2) is 0 Å². The zero-order chi connectivity index (χ0) is 15.5. The molecule has 4 rings (SSSR count). The average Bonchev–Trinajstić information content (AvgIpc) is 2.80. The zero-order valence-electron chi connectivity index (χ0n) is 13.3. The molecule has 1 atom stereocenters. The fourth-order valence-electron chi connectivity index (χ4n) is 4.40. The van der Waals surface area contributed by atoms with Crippen LogP contribution in [0.3, 0.4) is 0 Å². The van der Waals surface area contributed by atoms with Gasteiger partial charge in [0, 0.05) is 17.4 Å². The molecule has 2 aliphatic carbocycles. The lowest BCUT2D eigenvalue weighted by Crippen LogP contribution is -2.32. The molecule has 0 amide bonds. The summed E-state index contributed by atoms with van der Waals surface area (Å²) in [6, 6.07) is 6.10. The van der Waals surface area contributed by atoms with Crippen LogP contribution in [0.4, 0.5) is 0 Å². The molecule has 2 aliphatic rings. The molecule has 3 heteroatoms. The number of carbonyl (C=O) groups excluding carboxylic acids is 1. The third-order valence-electron chi connectivity index (χ3n) is 5.49. The van der Waals surface area contributed by atoms with E-state index in [1.165, 1.54) is 16.5 Å². The van der Waals surface area contributed by atoms with Gasteiger partial charge in [-0.1, -0.05) is 0 Å². The largest absolute Gasteiger partial charge is 0.497 e. The molecule has 22 heavy (non-hydrogen) atoms. The van der Waals surface area contributed by atoms with E-state index < -0.39 is 0 Å². The van der Waals surface area contributed by atoms with Crippen LogP contribution in [0.1, 0.15) is 36.5 Å². The number of hydrogen-bond acceptors (Lipinski definition) is 3. The highest BCUT2D eigenvalue weighted by molar-refractivity contribution is 6.04. The van der Waals surface area contributed by atoms with Crippen LogP contribution in [0.15, 0.2) is 18.2 Å². The minimum Gasteiger partial charge on any atom is -0.497 e. The maximum Gasteiger partial charge on any atom is 0.147 e. The zero-order valence-corrected chi connectivity index (χ0v) is 13.3. The van der Waals surface area contributed by atoms with E-state index in [1.807, 2.05) is 6.07 Å². The monoisotopic (exact) mass is 296 g/mol. The Hall–Kier alpha value is -2.03. The molecule has 0 heterocycles. The molecule has 2 aromatic rings. The predicted molar refractivity (Wildman–Crippen MR) is 86.1 cm³/mol. The van der Waals surface area contributed by atoms with Crippen molar-refractivity contribution in [2.45, 2.75) is 38.0 Å². The number of ketones is 1. The third kappa shape index (κ3) is 1.54. The number of methoxy groups -OCH3 is 2. The van der Waals surface area contributed by atoms with Gasteiger partial charge in [-0.3, -0.25) is 4.79 Å². The van der Waals surface area contributed by atoms with Crippen molar-refractivity contribution < 1.29 is 14.3 Å². The Kier molecular flexibility index (Phi) is 2.77. The second kappa shape index (κ2) is 4.48. The Balaban J connectivity index is 2.16. The quantitative estimate of drug-likeness (QED) is 0.850. The number of benzene rings is 2. The summed E-state index contributed by atoms with van der Waals surface area (Å²) in [6.07, 6.45) is 3.54. The normalized spacial score (nSPS) is 22.8. The van der Waals surface area contributed by atoms with Crippen molar-refractivity contribution in [3.63, 3.8) is 0 Å². The average molecular weight is 296 g/mol. The first-order valence-electron chi connectivity index (χ1n) is 7.83. The SMILES string of the molecule is COc1ccc2c(OC)c3c4c(c2c1)CCCC4(C)C(=O)C3. The molecule has 0 saturated heterocycles. The second-order valence-corrected chi connectivity index (χ2v) is 6.56. The number of ether oxygens (including phenoxy) is 2. The fourth-order valence-corrected chi connectivity index (χ4v) is 4.40. The van der Waals surface area contributed by atoms with Crippen LogP contribution in [0, 0.1) is 0 Å². The van der Waals surface area contributed by atoms with E-state index >= 15 is 0 Å². The van der Waals surface area contributed by atoms with Gasteiger partial charge in [0.15, 0.2) is 0 Å². The minimum atomic E-state index is -0.326. The molecule has 0 fully saturated rings. The van der Waals surface area contributed by atoms with Crippen LogP contribution in [0.2, 0.25) is 0 Å². The minimum absolute atomic E-state index is 0.326. The van der Waals surface area contributed by atoms with Crippen LogP contribution in [0.25, 0.3) is 10.8 Å². The molecule has 0 bridgehead atoms. The Morgan fingerprint density at radius 3 is 2.64 bits per heavy atom. The first-order valence-corrected chi connectivity index (χ1v) is 7.83. The van der Waals surface area contributed by atoms with Crippen LogP contribution in [-0.2, 0) is 23.1 Å². The maximum atomic E-state index is 12.7. The molecule has 1 unspecified atom stereocenters. The van der Waals surface area contributed by atoms with Crippen molar-refractivity contribution in [3.8, 4) is 11.5 Å². The van der Waals surface area contributed by atoms with Gasteiger partial charge >= 0.3 is 0 Å². The third-order valence-corrected chi connectivity index (χ3v) is 5.49. The first-order chi connectivity index (χ1) is 10.6. The summed E-state index contributed by atoms with van der Waals surface area (Å²) in [4.78, 5) is 12.7. The number of rotatable bonds is 2. The molecule has 114 valence electrons. The van der Waals surface area contributed by atoms with Crippen LogP contribution < -0.4 is 9.47 Å². The summed E-state index contributed by atoms with van der Waals surface area (Å²) >= 11 is 0. The Labute approximate surface area is 130 Å². The van der Waals surface area contributed by atoms with Crippen LogP contribution in [-0.4, -0.2) is 20.0 Å². The molecule has 0 radical (unpaired) electrons. The predicted octanol–water partition coefficient (Wildman–Crippen LogP) is 3.58. The Morgan fingerprint density at radius 1 is 1.09 bits per heavy atom. The lowest BCUT2D eigenvalue weighted by Gasteiger charge is -2.32. The first kappa shape index (κ1) is 13.6. The maximum absolute atomic E-state index is 12.7. The standard InChI is InChI=1S/C19H20O3/c1-19-8-4-5-12-14-9-11(21-2)6-7-13(14)18(22-3)15(17(12)19)10-16(19)20/h6-7,9H,4-5,8,10H2,1-3H3. The smallest absolute Gasteiger partial charge is 0.147 e. The van der Waals surface area contributed by atoms with Gasteiger partial charge < -0.3 is 9.47 Å². The number of fused-ring (bicyclic) bond motifs is 2. The number of aryl methyl sites for hydroxylation is 1. The van der Waals surface area contributed by atoms with E-state index in [0.29, 0.717) is 12.2 Å². The highest BCUT2D eigenvalue weighted by atomic mass is 16.5. The van der Waals surface area contributed by atoms with E-state index in [1.54, 1.807) is 14.2 Å². The summed E-state index contributed by atoms with van der Waals surface area (Å²) in [5, 5.41) is 2.27. The highest BCUT2D eigenvalue weighted by Crippen LogP contribution is 2.52. The summed E-state index contributed by atoms with van der Waals surface area (Å²) < 4.78 is 11.1. The van der Waals surface area contributed by atoms with E-state index in [4.69, 9.17) is 9.47 Å². The topological polar surface area (TPSA) is 35.5 Å². The van der Waals surface area contributed by atoms with Crippen LogP contribution >= 0.6 is 0 Å². The molecule has 2 aromatic carbocycles. The van der Waals surface area contributed by atoms with Gasteiger partial charge in [0.2, 0.25) is 0 Å². The van der Waals surface area contributed by atoms with Crippen molar-refractivity contribution >= 4 is 16.6 Å². The molecule has 0 aromatic heterocycles. The summed E-state index contributed by atoms with van der Waals surface area (Å²) in [5.74, 6) is 2.06. The van der Waals surface area contributed by atoms with Gasteiger partial charge in [0.1, 0.15) is 17.3 Å². The van der Waals surface area contributed by atoms with E-state index in [2.05, 4.69) is 19.1 Å². The van der Waals surface area contributed by atoms with Gasteiger partial charge in [-0.15, -0.1) is 0 Å². The van der Waals surface area contributed by atoms with E-state index in [0.717, 1.165) is 41.7 Å². The highest BCUT2D eigenvalue weighted by Gasteiger charge is 2.47. The Bertz CT molecular complexity index is 806. The van der Waals surface area contributed by atoms with Gasteiger partial charge in [-0.05, 0) is 60.9 Å². The van der Waals surface area contributed by atoms with Crippen LogP contribution in [0.5, 0.6) is 11.5 Å². The van der Waals surface area contributed by atoms with Crippen molar-refractivity contribution in [1.29, 1.82) is 0 Å². The summed E-state index contributed by atoms with van der Waals surface area (Å²) in [6.45, 7) is 2.11. The van der Waals surface area contributed by atoms with Gasteiger partial charge in [0.25, 0.3) is 0 Å². The second-order valence-electron chi connectivity index (χ2n) is 6.56. The number of carbonyl (C=O) groups is 1. The molecular weight excluding hydrogens is 276 g/mol. The van der Waals surface area contributed by atoms with Crippen molar-refractivity contribution in [2.24, 2.45) is 0 Å². The van der Waals surface area contributed by atoms with Crippen molar-refractivity contribution in [1.82, 2.24) is 0 Å². The molecule has 0 saturated carbocycles. The lowest BCUT2D eigenvalue weighted by atomic mass is 9.71. The molecule has 3 nitrogen and oxygen atoms in total. The fraction of sp³-hybridized carbons (Fsp3) is 0.421. The van der Waals surface area contributed by atoms with Gasteiger partial charge in [0.05, 0.1) is 19.6 Å². The molecule has 0 N–H and O–H groups in total. The van der Waals surface area contributed by atoms with Crippen molar-refractivity contribution in [2.75, 3.05) is 14.2 Å². The summed E-state index contributed by atoms with van der Waals surface area (Å²) in [5.41, 5.74) is 3.35. The summed E-state index contributed by atoms with van der Waals surface area (Å²) in [7, 11) is 3.38. The van der Waals surface area contributed by atoms with Crippen molar-refractivity contribution in [3.05, 3.63) is 34.9 Å². The van der Waals surface area contributed by atoms with E-state index in [9.17, 15) is 4.79 Å².